The van der Waals surface area contributed by atoms with E-state index in [0.29, 0.717) is 5.54 Å². The molecule has 0 bridgehead atoms. The zero-order valence-electron chi connectivity index (χ0n) is 11.8. The molecule has 1 unspecified atom stereocenters. The van der Waals surface area contributed by atoms with Crippen LogP contribution in [0.5, 0.6) is 0 Å². The number of rotatable bonds is 10. The molecule has 2 heteroatoms. The summed E-state index contributed by atoms with van der Waals surface area (Å²) in [5, 5.41) is 3.75. The van der Waals surface area contributed by atoms with Crippen molar-refractivity contribution in [2.24, 2.45) is 11.7 Å². The van der Waals surface area contributed by atoms with Crippen LogP contribution in [0.2, 0.25) is 0 Å². The quantitative estimate of drug-likeness (QED) is 0.563. The number of nitrogens with two attached hydrogens (primary N) is 1. The maximum absolute atomic E-state index is 5.55. The molecule has 0 heterocycles. The van der Waals surface area contributed by atoms with Crippen molar-refractivity contribution < 1.29 is 0 Å². The van der Waals surface area contributed by atoms with Gasteiger partial charge in [0.1, 0.15) is 0 Å². The minimum atomic E-state index is 0.386. The second kappa shape index (κ2) is 9.00. The van der Waals surface area contributed by atoms with Gasteiger partial charge in [-0.15, -0.1) is 0 Å². The van der Waals surface area contributed by atoms with Crippen molar-refractivity contribution >= 4 is 0 Å². The Morgan fingerprint density at radius 1 is 1.06 bits per heavy atom. The number of nitrogens with one attached hydrogen (secondary N) is 1. The SMILES string of the molecule is CCC(CC)(CC)NCCCC(C)CCN. The summed E-state index contributed by atoms with van der Waals surface area (Å²) in [5.74, 6) is 0.783. The van der Waals surface area contributed by atoms with Crippen LogP contribution >= 0.6 is 0 Å². The van der Waals surface area contributed by atoms with E-state index in [-0.39, 0.29) is 0 Å². The predicted octanol–water partition coefficient (Wildman–Crippen LogP) is 3.31. The summed E-state index contributed by atoms with van der Waals surface area (Å²) in [6.07, 6.45) is 7.45. The normalized spacial score (nSPS) is 14.1. The lowest BCUT2D eigenvalue weighted by Gasteiger charge is -2.32. The summed E-state index contributed by atoms with van der Waals surface area (Å²) in [6, 6.07) is 0. The van der Waals surface area contributed by atoms with Gasteiger partial charge in [-0.05, 0) is 57.5 Å². The van der Waals surface area contributed by atoms with Crippen LogP contribution in [-0.4, -0.2) is 18.6 Å². The molecular weight excluding hydrogens is 196 g/mol. The minimum Gasteiger partial charge on any atom is -0.330 e. The van der Waals surface area contributed by atoms with Gasteiger partial charge in [0.25, 0.3) is 0 Å². The van der Waals surface area contributed by atoms with E-state index >= 15 is 0 Å². The molecule has 0 saturated carbocycles. The molecule has 0 radical (unpaired) electrons. The first-order valence-electron chi connectivity index (χ1n) is 7.09. The van der Waals surface area contributed by atoms with Crippen molar-refractivity contribution in [2.45, 2.75) is 71.8 Å². The fourth-order valence-electron chi connectivity index (χ4n) is 2.36. The van der Waals surface area contributed by atoms with Gasteiger partial charge < -0.3 is 11.1 Å². The van der Waals surface area contributed by atoms with Gasteiger partial charge in [0.2, 0.25) is 0 Å². The molecule has 0 spiro atoms. The Morgan fingerprint density at radius 3 is 2.06 bits per heavy atom. The highest BCUT2D eigenvalue weighted by Crippen LogP contribution is 2.19. The van der Waals surface area contributed by atoms with Crippen molar-refractivity contribution in [2.75, 3.05) is 13.1 Å². The smallest absolute Gasteiger partial charge is 0.0173 e. The van der Waals surface area contributed by atoms with Gasteiger partial charge in [0.15, 0.2) is 0 Å². The van der Waals surface area contributed by atoms with Gasteiger partial charge in [-0.25, -0.2) is 0 Å². The zero-order chi connectivity index (χ0) is 12.4. The molecule has 0 aromatic rings. The highest BCUT2D eigenvalue weighted by atomic mass is 15.0. The first-order chi connectivity index (χ1) is 7.64. The Kier molecular flexibility index (Phi) is 8.96. The highest BCUT2D eigenvalue weighted by molar-refractivity contribution is 4.83. The van der Waals surface area contributed by atoms with Gasteiger partial charge in [0.05, 0.1) is 0 Å². The van der Waals surface area contributed by atoms with Gasteiger partial charge in [-0.1, -0.05) is 27.7 Å². The van der Waals surface area contributed by atoms with E-state index in [1.54, 1.807) is 0 Å². The maximum Gasteiger partial charge on any atom is 0.0173 e. The van der Waals surface area contributed by atoms with Crippen LogP contribution in [0.4, 0.5) is 0 Å². The number of hydrogen-bond acceptors (Lipinski definition) is 2. The van der Waals surface area contributed by atoms with Crippen LogP contribution in [0.3, 0.4) is 0 Å². The molecule has 0 saturated heterocycles. The lowest BCUT2D eigenvalue weighted by atomic mass is 9.89. The molecule has 2 nitrogen and oxygen atoms in total. The Hall–Kier alpha value is -0.0800. The molecule has 0 amide bonds. The lowest BCUT2D eigenvalue weighted by Crippen LogP contribution is -2.44. The van der Waals surface area contributed by atoms with Crippen LogP contribution in [-0.2, 0) is 0 Å². The summed E-state index contributed by atoms with van der Waals surface area (Å²) in [5.41, 5.74) is 5.94. The second-order valence-electron chi connectivity index (χ2n) is 5.09. The van der Waals surface area contributed by atoms with E-state index in [4.69, 9.17) is 5.73 Å². The van der Waals surface area contributed by atoms with Crippen molar-refractivity contribution in [3.05, 3.63) is 0 Å². The minimum absolute atomic E-state index is 0.386. The third kappa shape index (κ3) is 5.86. The maximum atomic E-state index is 5.55. The Morgan fingerprint density at radius 2 is 1.62 bits per heavy atom. The molecule has 1 atom stereocenters. The monoisotopic (exact) mass is 228 g/mol. The van der Waals surface area contributed by atoms with Crippen molar-refractivity contribution in [3.8, 4) is 0 Å². The average Bonchev–Trinajstić information content (AvgIpc) is 2.31. The molecule has 0 fully saturated rings. The molecule has 0 aromatic carbocycles. The molecule has 3 N–H and O–H groups in total. The van der Waals surface area contributed by atoms with Crippen LogP contribution in [0.15, 0.2) is 0 Å². The fraction of sp³-hybridized carbons (Fsp3) is 1.00. The molecular formula is C14H32N2. The Bertz CT molecular complexity index is 145. The number of hydrogen-bond donors (Lipinski definition) is 2. The predicted molar refractivity (Wildman–Crippen MR) is 73.7 cm³/mol. The van der Waals surface area contributed by atoms with Gasteiger partial charge >= 0.3 is 0 Å². The molecule has 0 rings (SSSR count). The standard InChI is InChI=1S/C14H32N2/c1-5-14(6-2,7-3)16-12-8-9-13(4)10-11-15/h13,16H,5-12,15H2,1-4H3. The molecule has 0 aromatic heterocycles. The van der Waals surface area contributed by atoms with Crippen LogP contribution in [0.25, 0.3) is 0 Å². The summed E-state index contributed by atoms with van der Waals surface area (Å²) in [6.45, 7) is 11.2. The van der Waals surface area contributed by atoms with Gasteiger partial charge in [-0.2, -0.15) is 0 Å². The summed E-state index contributed by atoms with van der Waals surface area (Å²) >= 11 is 0. The van der Waals surface area contributed by atoms with Crippen molar-refractivity contribution in [3.63, 3.8) is 0 Å². The third-order valence-corrected chi connectivity index (χ3v) is 4.06. The van der Waals surface area contributed by atoms with E-state index in [9.17, 15) is 0 Å². The van der Waals surface area contributed by atoms with E-state index in [1.807, 2.05) is 0 Å². The van der Waals surface area contributed by atoms with E-state index in [2.05, 4.69) is 33.0 Å². The second-order valence-corrected chi connectivity index (χ2v) is 5.09. The van der Waals surface area contributed by atoms with Crippen LogP contribution in [0.1, 0.15) is 66.2 Å². The Labute approximate surface area is 102 Å². The van der Waals surface area contributed by atoms with Gasteiger partial charge in [-0.3, -0.25) is 0 Å². The van der Waals surface area contributed by atoms with Crippen molar-refractivity contribution in [1.82, 2.24) is 5.32 Å². The van der Waals surface area contributed by atoms with Crippen LogP contribution in [0, 0.1) is 5.92 Å². The van der Waals surface area contributed by atoms with Crippen LogP contribution < -0.4 is 11.1 Å². The zero-order valence-corrected chi connectivity index (χ0v) is 11.8. The Balaban J connectivity index is 3.70. The molecule has 16 heavy (non-hydrogen) atoms. The molecule has 0 aliphatic carbocycles. The third-order valence-electron chi connectivity index (χ3n) is 4.06. The van der Waals surface area contributed by atoms with E-state index in [1.165, 1.54) is 38.5 Å². The summed E-state index contributed by atoms with van der Waals surface area (Å²) < 4.78 is 0. The van der Waals surface area contributed by atoms with Gasteiger partial charge in [0, 0.05) is 5.54 Å². The first-order valence-corrected chi connectivity index (χ1v) is 7.09. The average molecular weight is 228 g/mol. The molecule has 0 aliphatic heterocycles. The first kappa shape index (κ1) is 15.9. The van der Waals surface area contributed by atoms with E-state index in [0.717, 1.165) is 19.0 Å². The molecule has 98 valence electrons. The molecule has 0 aliphatic rings. The largest absolute Gasteiger partial charge is 0.330 e. The topological polar surface area (TPSA) is 38.0 Å². The van der Waals surface area contributed by atoms with E-state index < -0.39 is 0 Å². The summed E-state index contributed by atoms with van der Waals surface area (Å²) in [7, 11) is 0. The van der Waals surface area contributed by atoms with Crippen molar-refractivity contribution in [1.29, 1.82) is 0 Å². The fourth-order valence-corrected chi connectivity index (χ4v) is 2.36. The summed E-state index contributed by atoms with van der Waals surface area (Å²) in [4.78, 5) is 0. The highest BCUT2D eigenvalue weighted by Gasteiger charge is 2.22. The lowest BCUT2D eigenvalue weighted by molar-refractivity contribution is 0.285.